The van der Waals surface area contributed by atoms with Crippen molar-refractivity contribution in [1.82, 2.24) is 0 Å². The minimum atomic E-state index is -1.67. The first kappa shape index (κ1) is 26.4. The summed E-state index contributed by atoms with van der Waals surface area (Å²) in [4.78, 5) is 46.1. The van der Waals surface area contributed by atoms with Gasteiger partial charge in [0, 0.05) is 44.4 Å². The highest BCUT2D eigenvalue weighted by atomic mass is 35.5. The van der Waals surface area contributed by atoms with E-state index >= 15 is 0 Å². The smallest absolute Gasteiger partial charge is 0.185 e. The van der Waals surface area contributed by atoms with Crippen molar-refractivity contribution in [2.75, 3.05) is 11.5 Å². The molecule has 208 valence electrons. The number of Topliss-reactive ketones (excluding diaryl/α,β-unsaturated/α-hetero) is 3. The number of hydrogen-bond donors (Lipinski definition) is 0. The number of ether oxygens (including phenoxy) is 1. The largest absolute Gasteiger partial charge is 0.494 e. The fourth-order valence-corrected chi connectivity index (χ4v) is 7.23. The van der Waals surface area contributed by atoms with Crippen LogP contribution in [0.5, 0.6) is 5.75 Å². The predicted molar refractivity (Wildman–Crippen MR) is 159 cm³/mol. The number of hydrogen-bond acceptors (Lipinski definition) is 5. The molecule has 2 aliphatic heterocycles. The molecule has 0 aromatic heterocycles. The van der Waals surface area contributed by atoms with Crippen molar-refractivity contribution in [3.63, 3.8) is 0 Å². The lowest BCUT2D eigenvalue weighted by atomic mass is 9.64. The zero-order valence-electron chi connectivity index (χ0n) is 22.6. The van der Waals surface area contributed by atoms with Gasteiger partial charge in [0.05, 0.1) is 12.6 Å². The first-order valence-corrected chi connectivity index (χ1v) is 14.2. The van der Waals surface area contributed by atoms with E-state index in [-0.39, 0.29) is 17.3 Å². The molecule has 3 aliphatic rings. The summed E-state index contributed by atoms with van der Waals surface area (Å²) in [5.41, 5.74) is 1.10. The Morgan fingerprint density at radius 1 is 0.929 bits per heavy atom. The summed E-state index contributed by atoms with van der Waals surface area (Å²) in [6.07, 6.45) is 3.51. The normalized spacial score (nSPS) is 21.3. The molecule has 5 nitrogen and oxygen atoms in total. The summed E-state index contributed by atoms with van der Waals surface area (Å²) >= 11 is 6.16. The van der Waals surface area contributed by atoms with Gasteiger partial charge in [0.25, 0.3) is 0 Å². The number of ketones is 3. The van der Waals surface area contributed by atoms with E-state index in [0.29, 0.717) is 50.9 Å². The van der Waals surface area contributed by atoms with Crippen molar-refractivity contribution < 1.29 is 23.5 Å². The number of carbonyl (C=O) groups is 3. The third kappa shape index (κ3) is 3.58. The molecule has 0 bridgehead atoms. The Balaban J connectivity index is 1.56. The van der Waals surface area contributed by atoms with Gasteiger partial charge in [0.15, 0.2) is 17.3 Å². The molecule has 3 atom stereocenters. The van der Waals surface area contributed by atoms with Gasteiger partial charge < -0.3 is 9.64 Å². The minimum Gasteiger partial charge on any atom is -0.494 e. The zero-order chi connectivity index (χ0) is 29.2. The zero-order valence-corrected chi connectivity index (χ0v) is 23.3. The van der Waals surface area contributed by atoms with Crippen LogP contribution in [0, 0.1) is 11.2 Å². The third-order valence-corrected chi connectivity index (χ3v) is 8.97. The average Bonchev–Trinajstić information content (AvgIpc) is 3.43. The number of rotatable bonds is 5. The minimum absolute atomic E-state index is 0.285. The molecule has 2 heterocycles. The molecule has 4 aromatic carbocycles. The van der Waals surface area contributed by atoms with Gasteiger partial charge >= 0.3 is 0 Å². The van der Waals surface area contributed by atoms with Crippen LogP contribution >= 0.6 is 11.6 Å². The Kier molecular flexibility index (Phi) is 6.13. The lowest BCUT2D eigenvalue weighted by Gasteiger charge is -2.37. The van der Waals surface area contributed by atoms with E-state index in [0.717, 1.165) is 0 Å². The Morgan fingerprint density at radius 2 is 1.60 bits per heavy atom. The summed E-state index contributed by atoms with van der Waals surface area (Å²) in [6.45, 7) is 2.21. The SMILES string of the molecule is CCOc1ccccc1C1C(C(=O)c2ccc(Cl)cc2)N2c3ccc(F)cc3C=CC2C12C(=O)c1ccccc1C2=O. The quantitative estimate of drug-likeness (QED) is 0.185. The Bertz CT molecular complexity index is 1780. The monoisotopic (exact) mass is 577 g/mol. The second kappa shape index (κ2) is 9.78. The summed E-state index contributed by atoms with van der Waals surface area (Å²) in [5, 5.41) is 0.476. The van der Waals surface area contributed by atoms with Crippen molar-refractivity contribution >= 4 is 40.7 Å². The summed E-state index contributed by atoms with van der Waals surface area (Å²) in [5.74, 6) is -1.82. The third-order valence-electron chi connectivity index (χ3n) is 8.72. The molecule has 0 saturated carbocycles. The molecule has 0 N–H and O–H groups in total. The van der Waals surface area contributed by atoms with Crippen LogP contribution < -0.4 is 9.64 Å². The van der Waals surface area contributed by atoms with Crippen molar-refractivity contribution in [3.8, 4) is 5.75 Å². The van der Waals surface area contributed by atoms with Gasteiger partial charge in [-0.1, -0.05) is 66.2 Å². The molecular formula is C35H25ClFNO4. The maximum atomic E-state index is 14.7. The fourth-order valence-electron chi connectivity index (χ4n) is 7.10. The molecule has 7 heteroatoms. The fraction of sp³-hybridized carbons (Fsp3) is 0.171. The van der Waals surface area contributed by atoms with Gasteiger partial charge in [-0.15, -0.1) is 0 Å². The van der Waals surface area contributed by atoms with Crippen molar-refractivity contribution in [3.05, 3.63) is 136 Å². The second-order valence-corrected chi connectivity index (χ2v) is 11.2. The number of para-hydroxylation sites is 1. The van der Waals surface area contributed by atoms with E-state index in [2.05, 4.69) is 0 Å². The van der Waals surface area contributed by atoms with E-state index in [4.69, 9.17) is 16.3 Å². The highest BCUT2D eigenvalue weighted by Gasteiger charge is 2.71. The topological polar surface area (TPSA) is 63.7 Å². The van der Waals surface area contributed by atoms with Crippen LogP contribution in [0.15, 0.2) is 97.1 Å². The molecule has 1 saturated heterocycles. The maximum absolute atomic E-state index is 14.7. The lowest BCUT2D eigenvalue weighted by molar-refractivity contribution is 0.0664. The number of halogens is 2. The van der Waals surface area contributed by atoms with Gasteiger partial charge in [-0.2, -0.15) is 0 Å². The van der Waals surface area contributed by atoms with Crippen molar-refractivity contribution in [2.45, 2.75) is 24.9 Å². The number of anilines is 1. The molecule has 0 amide bonds. The van der Waals surface area contributed by atoms with E-state index in [1.165, 1.54) is 12.1 Å². The first-order chi connectivity index (χ1) is 20.4. The number of carbonyl (C=O) groups excluding carboxylic acids is 3. The van der Waals surface area contributed by atoms with Gasteiger partial charge in [0.1, 0.15) is 23.0 Å². The first-order valence-electron chi connectivity index (χ1n) is 13.8. The molecular weight excluding hydrogens is 553 g/mol. The van der Waals surface area contributed by atoms with Crippen molar-refractivity contribution in [1.29, 1.82) is 0 Å². The van der Waals surface area contributed by atoms with E-state index in [1.54, 1.807) is 72.8 Å². The number of fused-ring (bicyclic) bond motifs is 5. The second-order valence-electron chi connectivity index (χ2n) is 10.8. The van der Waals surface area contributed by atoms with E-state index in [9.17, 15) is 18.8 Å². The summed E-state index contributed by atoms with van der Waals surface area (Å²) < 4.78 is 20.5. The summed E-state index contributed by atoms with van der Waals surface area (Å²) in [6, 6.07) is 23.2. The van der Waals surface area contributed by atoms with Gasteiger partial charge in [-0.3, -0.25) is 14.4 Å². The van der Waals surface area contributed by atoms with Crippen LogP contribution in [0.4, 0.5) is 10.1 Å². The standard InChI is InChI=1S/C35H25ClFNO4/c1-2-42-28-10-6-5-9-26(28)30-31(32(39)20-11-14-22(36)15-12-20)38-27-17-16-23(37)19-21(27)13-18-29(38)35(30)33(40)24-7-3-4-8-25(24)34(35)41/h3-19,29-31H,2H2,1H3. The highest BCUT2D eigenvalue weighted by Crippen LogP contribution is 2.62. The van der Waals surface area contributed by atoms with Crippen LogP contribution in [0.3, 0.4) is 0 Å². The average molecular weight is 578 g/mol. The molecule has 42 heavy (non-hydrogen) atoms. The van der Waals surface area contributed by atoms with Crippen LogP contribution in [0.25, 0.3) is 6.08 Å². The van der Waals surface area contributed by atoms with Gasteiger partial charge in [-0.25, -0.2) is 4.39 Å². The molecule has 1 spiro atoms. The van der Waals surface area contributed by atoms with Gasteiger partial charge in [-0.05, 0) is 55.5 Å². The Labute approximate surface area is 247 Å². The Hall–Kier alpha value is -4.55. The van der Waals surface area contributed by atoms with Crippen LogP contribution in [-0.4, -0.2) is 36.0 Å². The van der Waals surface area contributed by atoms with E-state index < -0.39 is 29.2 Å². The van der Waals surface area contributed by atoms with E-state index in [1.807, 2.05) is 30.0 Å². The number of benzene rings is 4. The molecule has 1 aliphatic carbocycles. The van der Waals surface area contributed by atoms with Gasteiger partial charge in [0.2, 0.25) is 0 Å². The number of nitrogens with zero attached hydrogens (tertiary/aromatic N) is 1. The predicted octanol–water partition coefficient (Wildman–Crippen LogP) is 7.19. The van der Waals surface area contributed by atoms with Crippen molar-refractivity contribution in [2.24, 2.45) is 5.41 Å². The maximum Gasteiger partial charge on any atom is 0.185 e. The lowest BCUT2D eigenvalue weighted by Crippen LogP contribution is -2.48. The molecule has 0 radical (unpaired) electrons. The molecule has 7 rings (SSSR count). The molecule has 1 fully saturated rings. The molecule has 4 aromatic rings. The summed E-state index contributed by atoms with van der Waals surface area (Å²) in [7, 11) is 0. The molecule has 3 unspecified atom stereocenters. The van der Waals surface area contributed by atoms with Crippen LogP contribution in [0.1, 0.15) is 55.0 Å². The van der Waals surface area contributed by atoms with Crippen LogP contribution in [-0.2, 0) is 0 Å². The highest BCUT2D eigenvalue weighted by molar-refractivity contribution is 6.32. The Morgan fingerprint density at radius 3 is 2.29 bits per heavy atom. The van der Waals surface area contributed by atoms with Crippen LogP contribution in [0.2, 0.25) is 5.02 Å².